The molecule has 0 saturated heterocycles. The molecular formula is C14H17ClFNO3. The van der Waals surface area contributed by atoms with Crippen LogP contribution in [-0.4, -0.2) is 17.5 Å². The minimum absolute atomic E-state index is 0.0311. The highest BCUT2D eigenvalue weighted by molar-refractivity contribution is 6.30. The molecule has 110 valence electrons. The predicted octanol–water partition coefficient (Wildman–Crippen LogP) is 3.54. The third-order valence-electron chi connectivity index (χ3n) is 2.18. The average molecular weight is 302 g/mol. The van der Waals surface area contributed by atoms with Gasteiger partial charge in [0.1, 0.15) is 11.4 Å². The molecule has 0 radical (unpaired) electrons. The van der Waals surface area contributed by atoms with Crippen molar-refractivity contribution in [1.29, 1.82) is 0 Å². The van der Waals surface area contributed by atoms with Crippen molar-refractivity contribution in [2.45, 2.75) is 39.2 Å². The minimum Gasteiger partial charge on any atom is -0.460 e. The van der Waals surface area contributed by atoms with E-state index in [0.29, 0.717) is 0 Å². The van der Waals surface area contributed by atoms with E-state index < -0.39 is 23.3 Å². The van der Waals surface area contributed by atoms with Crippen molar-refractivity contribution >= 4 is 29.2 Å². The number of hydrogen-bond acceptors (Lipinski definition) is 3. The van der Waals surface area contributed by atoms with E-state index >= 15 is 0 Å². The highest BCUT2D eigenvalue weighted by Gasteiger charge is 2.17. The number of benzene rings is 1. The van der Waals surface area contributed by atoms with Gasteiger partial charge in [-0.1, -0.05) is 11.6 Å². The van der Waals surface area contributed by atoms with Gasteiger partial charge in [-0.05, 0) is 39.0 Å². The molecule has 1 aromatic carbocycles. The third kappa shape index (κ3) is 6.02. The highest BCUT2D eigenvalue weighted by atomic mass is 35.5. The Labute approximate surface area is 122 Å². The molecule has 1 N–H and O–H groups in total. The molecule has 0 bridgehead atoms. The summed E-state index contributed by atoms with van der Waals surface area (Å²) >= 11 is 5.60. The fourth-order valence-electron chi connectivity index (χ4n) is 1.41. The first-order valence-electron chi connectivity index (χ1n) is 6.14. The van der Waals surface area contributed by atoms with Crippen LogP contribution in [0.15, 0.2) is 18.2 Å². The van der Waals surface area contributed by atoms with Gasteiger partial charge in [-0.3, -0.25) is 9.59 Å². The number of halogens is 2. The lowest BCUT2D eigenvalue weighted by atomic mass is 10.2. The Morgan fingerprint density at radius 2 is 1.95 bits per heavy atom. The van der Waals surface area contributed by atoms with E-state index in [-0.39, 0.29) is 23.6 Å². The van der Waals surface area contributed by atoms with Gasteiger partial charge in [0.05, 0.1) is 12.1 Å². The maximum absolute atomic E-state index is 13.4. The Kier molecular flexibility index (Phi) is 5.51. The predicted molar refractivity (Wildman–Crippen MR) is 75.1 cm³/mol. The molecule has 0 spiro atoms. The molecule has 0 aromatic heterocycles. The van der Waals surface area contributed by atoms with Crippen LogP contribution in [0.5, 0.6) is 0 Å². The van der Waals surface area contributed by atoms with Crippen LogP contribution >= 0.6 is 11.6 Å². The number of esters is 1. The Balaban J connectivity index is 2.46. The molecule has 0 atom stereocenters. The van der Waals surface area contributed by atoms with Crippen LogP contribution in [0.1, 0.15) is 33.6 Å². The summed E-state index contributed by atoms with van der Waals surface area (Å²) < 4.78 is 18.5. The lowest BCUT2D eigenvalue weighted by Gasteiger charge is -2.19. The largest absolute Gasteiger partial charge is 0.460 e. The molecular weight excluding hydrogens is 285 g/mol. The molecule has 0 aliphatic carbocycles. The Bertz CT molecular complexity index is 512. The van der Waals surface area contributed by atoms with Crippen LogP contribution in [0.3, 0.4) is 0 Å². The number of rotatable bonds is 4. The van der Waals surface area contributed by atoms with Crippen molar-refractivity contribution in [2.24, 2.45) is 0 Å². The molecule has 20 heavy (non-hydrogen) atoms. The lowest BCUT2D eigenvalue weighted by molar-refractivity contribution is -0.155. The molecule has 1 rings (SSSR count). The third-order valence-corrected chi connectivity index (χ3v) is 2.42. The fraction of sp³-hybridized carbons (Fsp3) is 0.429. The molecule has 0 heterocycles. The maximum Gasteiger partial charge on any atom is 0.306 e. The minimum atomic E-state index is -0.622. The van der Waals surface area contributed by atoms with Crippen molar-refractivity contribution in [3.8, 4) is 0 Å². The van der Waals surface area contributed by atoms with Gasteiger partial charge in [0.2, 0.25) is 5.91 Å². The van der Waals surface area contributed by atoms with Crippen molar-refractivity contribution in [3.63, 3.8) is 0 Å². The summed E-state index contributed by atoms with van der Waals surface area (Å²) in [5.74, 6) is -1.55. The van der Waals surface area contributed by atoms with Crippen LogP contribution in [0.25, 0.3) is 0 Å². The summed E-state index contributed by atoms with van der Waals surface area (Å²) in [4.78, 5) is 23.0. The maximum atomic E-state index is 13.4. The van der Waals surface area contributed by atoms with E-state index in [9.17, 15) is 14.0 Å². The van der Waals surface area contributed by atoms with Gasteiger partial charge >= 0.3 is 5.97 Å². The monoisotopic (exact) mass is 301 g/mol. The highest BCUT2D eigenvalue weighted by Crippen LogP contribution is 2.19. The quantitative estimate of drug-likeness (QED) is 0.865. The van der Waals surface area contributed by atoms with Gasteiger partial charge in [0.15, 0.2) is 0 Å². The number of hydrogen-bond donors (Lipinski definition) is 1. The lowest BCUT2D eigenvalue weighted by Crippen LogP contribution is -2.24. The van der Waals surface area contributed by atoms with E-state index in [1.165, 1.54) is 12.1 Å². The average Bonchev–Trinajstić information content (AvgIpc) is 2.28. The zero-order valence-electron chi connectivity index (χ0n) is 11.6. The summed E-state index contributed by atoms with van der Waals surface area (Å²) in [6.07, 6.45) is -0.130. The number of amides is 1. The molecule has 0 unspecified atom stereocenters. The van der Waals surface area contributed by atoms with E-state index in [1.54, 1.807) is 20.8 Å². The second-order valence-corrected chi connectivity index (χ2v) is 5.70. The fourth-order valence-corrected chi connectivity index (χ4v) is 1.57. The Morgan fingerprint density at radius 1 is 1.30 bits per heavy atom. The number of ether oxygens (including phenoxy) is 1. The van der Waals surface area contributed by atoms with Crippen molar-refractivity contribution in [2.75, 3.05) is 5.32 Å². The van der Waals surface area contributed by atoms with Crippen LogP contribution in [0, 0.1) is 5.82 Å². The van der Waals surface area contributed by atoms with E-state index in [4.69, 9.17) is 16.3 Å². The van der Waals surface area contributed by atoms with Crippen molar-refractivity contribution < 1.29 is 18.7 Å². The normalized spacial score (nSPS) is 11.1. The first kappa shape index (κ1) is 16.4. The summed E-state index contributed by atoms with van der Waals surface area (Å²) in [7, 11) is 0. The number of carbonyl (C=O) groups is 2. The topological polar surface area (TPSA) is 55.4 Å². The first-order valence-corrected chi connectivity index (χ1v) is 6.52. The zero-order chi connectivity index (χ0) is 15.3. The molecule has 1 amide bonds. The smallest absolute Gasteiger partial charge is 0.306 e. The second kappa shape index (κ2) is 6.70. The molecule has 0 aliphatic heterocycles. The number of anilines is 1. The summed E-state index contributed by atoms with van der Waals surface area (Å²) in [6, 6.07) is 3.93. The van der Waals surface area contributed by atoms with Crippen LogP contribution in [0.4, 0.5) is 10.1 Å². The Morgan fingerprint density at radius 3 is 2.50 bits per heavy atom. The zero-order valence-corrected chi connectivity index (χ0v) is 12.4. The molecule has 0 saturated carbocycles. The van der Waals surface area contributed by atoms with Crippen LogP contribution < -0.4 is 5.32 Å². The van der Waals surface area contributed by atoms with Gasteiger partial charge in [0.25, 0.3) is 0 Å². The number of nitrogens with one attached hydrogen (secondary N) is 1. The van der Waals surface area contributed by atoms with Gasteiger partial charge in [-0.2, -0.15) is 0 Å². The summed E-state index contributed by atoms with van der Waals surface area (Å²) in [5.41, 5.74) is -0.556. The summed E-state index contributed by atoms with van der Waals surface area (Å²) in [6.45, 7) is 5.23. The molecule has 0 fully saturated rings. The van der Waals surface area contributed by atoms with Crippen molar-refractivity contribution in [1.82, 2.24) is 0 Å². The Hall–Kier alpha value is -1.62. The molecule has 4 nitrogen and oxygen atoms in total. The van der Waals surface area contributed by atoms with E-state index in [1.807, 2.05) is 0 Å². The van der Waals surface area contributed by atoms with Gasteiger partial charge in [0, 0.05) is 11.4 Å². The van der Waals surface area contributed by atoms with E-state index in [2.05, 4.69) is 5.32 Å². The van der Waals surface area contributed by atoms with E-state index in [0.717, 1.165) is 6.07 Å². The molecule has 0 aliphatic rings. The van der Waals surface area contributed by atoms with Gasteiger partial charge in [-0.25, -0.2) is 4.39 Å². The standard InChI is InChI=1S/C14H17ClFNO3/c1-14(2,3)20-13(19)7-6-12(18)17-11-5-4-9(15)8-10(11)16/h4-5,8H,6-7H2,1-3H3,(H,17,18). The SMILES string of the molecule is CC(C)(C)OC(=O)CCC(=O)Nc1ccc(Cl)cc1F. The molecule has 6 heteroatoms. The van der Waals surface area contributed by atoms with Gasteiger partial charge < -0.3 is 10.1 Å². The van der Waals surface area contributed by atoms with Crippen molar-refractivity contribution in [3.05, 3.63) is 29.0 Å². The van der Waals surface area contributed by atoms with Gasteiger partial charge in [-0.15, -0.1) is 0 Å². The molecule has 1 aromatic rings. The first-order chi connectivity index (χ1) is 9.17. The summed E-state index contributed by atoms with van der Waals surface area (Å²) in [5, 5.41) is 2.62. The van der Waals surface area contributed by atoms with Crippen LogP contribution in [0.2, 0.25) is 5.02 Å². The van der Waals surface area contributed by atoms with Crippen LogP contribution in [-0.2, 0) is 14.3 Å². The number of carbonyl (C=O) groups excluding carboxylic acids is 2. The second-order valence-electron chi connectivity index (χ2n) is 5.26.